The third kappa shape index (κ3) is 2.42. The molecule has 74 valence electrons. The Balaban J connectivity index is 1.94. The van der Waals surface area contributed by atoms with Gasteiger partial charge in [0.1, 0.15) is 0 Å². The molecule has 0 aliphatic carbocycles. The molecule has 2 rings (SSSR count). The summed E-state index contributed by atoms with van der Waals surface area (Å²) in [5, 5.41) is 7.64. The molecule has 1 aromatic rings. The Labute approximate surface area is 85.1 Å². The Kier molecular flexibility index (Phi) is 2.94. The largest absolute Gasteiger partial charge is 0.308 e. The van der Waals surface area contributed by atoms with Gasteiger partial charge in [0.05, 0.1) is 0 Å². The summed E-state index contributed by atoms with van der Waals surface area (Å²) < 4.78 is 0. The Morgan fingerprint density at radius 1 is 1.21 bits per heavy atom. The second-order valence-corrected chi connectivity index (χ2v) is 3.90. The molecule has 2 nitrogen and oxygen atoms in total. The Morgan fingerprint density at radius 2 is 2.00 bits per heavy atom. The lowest BCUT2D eigenvalue weighted by Gasteiger charge is -2.26. The number of hydrogen-bond acceptors (Lipinski definition) is 2. The molecule has 0 radical (unpaired) electrons. The van der Waals surface area contributed by atoms with E-state index in [1.165, 1.54) is 5.56 Å². The van der Waals surface area contributed by atoms with Gasteiger partial charge in [0, 0.05) is 18.8 Å². The third-order valence-electron chi connectivity index (χ3n) is 2.62. The van der Waals surface area contributed by atoms with Crippen molar-refractivity contribution in [1.29, 1.82) is 5.41 Å². The van der Waals surface area contributed by atoms with Gasteiger partial charge < -0.3 is 5.41 Å². The molecule has 1 fully saturated rings. The quantitative estimate of drug-likeness (QED) is 0.757. The van der Waals surface area contributed by atoms with E-state index in [0.717, 1.165) is 38.2 Å². The van der Waals surface area contributed by atoms with Gasteiger partial charge in [0.2, 0.25) is 0 Å². The topological polar surface area (TPSA) is 27.1 Å². The predicted molar refractivity (Wildman–Crippen MR) is 58.7 cm³/mol. The van der Waals surface area contributed by atoms with E-state index in [4.69, 9.17) is 5.41 Å². The molecule has 0 saturated carbocycles. The highest BCUT2D eigenvalue weighted by Crippen LogP contribution is 2.10. The third-order valence-corrected chi connectivity index (χ3v) is 2.62. The highest BCUT2D eigenvalue weighted by molar-refractivity contribution is 5.83. The molecule has 0 atom stereocenters. The molecule has 1 aromatic carbocycles. The number of benzene rings is 1. The normalized spacial score (nSPS) is 18.4. The van der Waals surface area contributed by atoms with E-state index in [0.29, 0.717) is 0 Å². The monoisotopic (exact) mass is 188 g/mol. The summed E-state index contributed by atoms with van der Waals surface area (Å²) in [7, 11) is 0. The number of piperidine rings is 1. The van der Waals surface area contributed by atoms with Gasteiger partial charge >= 0.3 is 0 Å². The van der Waals surface area contributed by atoms with Crippen molar-refractivity contribution >= 4 is 5.71 Å². The van der Waals surface area contributed by atoms with Crippen LogP contribution in [0.5, 0.6) is 0 Å². The van der Waals surface area contributed by atoms with Crippen molar-refractivity contribution in [3.8, 4) is 0 Å². The molecule has 0 aromatic heterocycles. The van der Waals surface area contributed by atoms with E-state index in [2.05, 4.69) is 29.2 Å². The maximum absolute atomic E-state index is 7.64. The first-order valence-corrected chi connectivity index (χ1v) is 5.17. The summed E-state index contributed by atoms with van der Waals surface area (Å²) >= 11 is 0. The highest BCUT2D eigenvalue weighted by Gasteiger charge is 2.13. The molecule has 2 heteroatoms. The summed E-state index contributed by atoms with van der Waals surface area (Å²) in [6, 6.07) is 10.5. The molecular formula is C12H16N2. The summed E-state index contributed by atoms with van der Waals surface area (Å²) in [4.78, 5) is 2.35. The van der Waals surface area contributed by atoms with Gasteiger partial charge in [0.25, 0.3) is 0 Å². The molecule has 14 heavy (non-hydrogen) atoms. The Bertz CT molecular complexity index is 305. The number of rotatable bonds is 2. The zero-order chi connectivity index (χ0) is 9.80. The van der Waals surface area contributed by atoms with E-state index in [9.17, 15) is 0 Å². The van der Waals surface area contributed by atoms with Gasteiger partial charge in [-0.15, -0.1) is 0 Å². The van der Waals surface area contributed by atoms with Crippen molar-refractivity contribution in [3.63, 3.8) is 0 Å². The lowest BCUT2D eigenvalue weighted by molar-refractivity contribution is 0.283. The van der Waals surface area contributed by atoms with E-state index in [1.807, 2.05) is 6.07 Å². The van der Waals surface area contributed by atoms with E-state index in [-0.39, 0.29) is 0 Å². The molecule has 0 spiro atoms. The molecular weight excluding hydrogens is 172 g/mol. The summed E-state index contributed by atoms with van der Waals surface area (Å²) in [6.07, 6.45) is 2.14. The average Bonchev–Trinajstić information content (AvgIpc) is 2.19. The van der Waals surface area contributed by atoms with Crippen LogP contribution in [0.3, 0.4) is 0 Å². The van der Waals surface area contributed by atoms with Crippen LogP contribution in [0.1, 0.15) is 18.4 Å². The molecule has 1 saturated heterocycles. The van der Waals surface area contributed by atoms with Crippen molar-refractivity contribution in [3.05, 3.63) is 35.9 Å². The zero-order valence-corrected chi connectivity index (χ0v) is 8.37. The predicted octanol–water partition coefficient (Wildman–Crippen LogP) is 2.30. The smallest absolute Gasteiger partial charge is 0.0364 e. The van der Waals surface area contributed by atoms with Crippen molar-refractivity contribution in [2.45, 2.75) is 19.4 Å². The standard InChI is InChI=1S/C12H16N2/c13-12-7-4-8-14(10-12)9-11-5-2-1-3-6-11/h1-3,5-6,13H,4,7-10H2. The van der Waals surface area contributed by atoms with Crippen molar-refractivity contribution in [1.82, 2.24) is 4.90 Å². The minimum Gasteiger partial charge on any atom is -0.308 e. The minimum absolute atomic E-state index is 0.856. The fourth-order valence-electron chi connectivity index (χ4n) is 1.92. The summed E-state index contributed by atoms with van der Waals surface area (Å²) in [6.45, 7) is 2.98. The molecule has 1 N–H and O–H groups in total. The van der Waals surface area contributed by atoms with Crippen molar-refractivity contribution < 1.29 is 0 Å². The first-order chi connectivity index (χ1) is 6.84. The van der Waals surface area contributed by atoms with Crippen LogP contribution < -0.4 is 0 Å². The van der Waals surface area contributed by atoms with Crippen LogP contribution in [-0.2, 0) is 6.54 Å². The fraction of sp³-hybridized carbons (Fsp3) is 0.417. The van der Waals surface area contributed by atoms with Crippen LogP contribution in [0.15, 0.2) is 30.3 Å². The first-order valence-electron chi connectivity index (χ1n) is 5.17. The number of nitrogens with zero attached hydrogens (tertiary/aromatic N) is 1. The van der Waals surface area contributed by atoms with Gasteiger partial charge in [-0.05, 0) is 24.9 Å². The van der Waals surface area contributed by atoms with E-state index in [1.54, 1.807) is 0 Å². The molecule has 0 amide bonds. The Morgan fingerprint density at radius 3 is 2.71 bits per heavy atom. The maximum Gasteiger partial charge on any atom is 0.0364 e. The number of nitrogens with one attached hydrogen (secondary N) is 1. The lowest BCUT2D eigenvalue weighted by Crippen LogP contribution is -2.34. The van der Waals surface area contributed by atoms with Gasteiger partial charge in [0.15, 0.2) is 0 Å². The van der Waals surface area contributed by atoms with E-state index >= 15 is 0 Å². The minimum atomic E-state index is 0.856. The summed E-state index contributed by atoms with van der Waals surface area (Å²) in [5.74, 6) is 0. The Hall–Kier alpha value is -1.15. The van der Waals surface area contributed by atoms with Crippen LogP contribution >= 0.6 is 0 Å². The van der Waals surface area contributed by atoms with Crippen molar-refractivity contribution in [2.75, 3.05) is 13.1 Å². The van der Waals surface area contributed by atoms with Gasteiger partial charge in [-0.3, -0.25) is 4.90 Å². The molecule has 1 heterocycles. The lowest BCUT2D eigenvalue weighted by atomic mass is 10.1. The molecule has 1 aliphatic rings. The van der Waals surface area contributed by atoms with Gasteiger partial charge in [-0.25, -0.2) is 0 Å². The highest BCUT2D eigenvalue weighted by atomic mass is 15.1. The van der Waals surface area contributed by atoms with E-state index < -0.39 is 0 Å². The second kappa shape index (κ2) is 4.38. The van der Waals surface area contributed by atoms with Gasteiger partial charge in [-0.1, -0.05) is 30.3 Å². The average molecular weight is 188 g/mol. The van der Waals surface area contributed by atoms with Crippen LogP contribution in [0, 0.1) is 5.41 Å². The fourth-order valence-corrected chi connectivity index (χ4v) is 1.92. The van der Waals surface area contributed by atoms with Crippen molar-refractivity contribution in [2.24, 2.45) is 0 Å². The second-order valence-electron chi connectivity index (χ2n) is 3.90. The van der Waals surface area contributed by atoms with Crippen LogP contribution in [0.25, 0.3) is 0 Å². The first kappa shape index (κ1) is 9.41. The zero-order valence-electron chi connectivity index (χ0n) is 8.37. The maximum atomic E-state index is 7.64. The summed E-state index contributed by atoms with van der Waals surface area (Å²) in [5.41, 5.74) is 2.23. The van der Waals surface area contributed by atoms with Crippen LogP contribution in [-0.4, -0.2) is 23.7 Å². The molecule has 1 aliphatic heterocycles. The van der Waals surface area contributed by atoms with Crippen LogP contribution in [0.2, 0.25) is 0 Å². The molecule has 0 unspecified atom stereocenters. The van der Waals surface area contributed by atoms with Gasteiger partial charge in [-0.2, -0.15) is 0 Å². The molecule has 0 bridgehead atoms. The SMILES string of the molecule is N=C1CCCN(Cc2ccccc2)C1. The number of hydrogen-bond donors (Lipinski definition) is 1. The van der Waals surface area contributed by atoms with Crippen LogP contribution in [0.4, 0.5) is 0 Å². The number of likely N-dealkylation sites (tertiary alicyclic amines) is 1.